The molecule has 0 bridgehead atoms. The number of rotatable bonds is 10. The highest BCUT2D eigenvalue weighted by Gasteiger charge is 2.45. The summed E-state index contributed by atoms with van der Waals surface area (Å²) in [7, 11) is 0. The molecule has 14 aromatic rings. The van der Waals surface area contributed by atoms with Crippen LogP contribution in [-0.4, -0.2) is 207 Å². The predicted octanol–water partition coefficient (Wildman–Crippen LogP) is 9.24. The second-order valence-corrected chi connectivity index (χ2v) is 34.9. The molecule has 0 saturated carbocycles. The van der Waals surface area contributed by atoms with Crippen LogP contribution in [-0.2, 0) is 48.0 Å². The van der Waals surface area contributed by atoms with E-state index in [4.69, 9.17) is 37.9 Å². The molecule has 6 unspecified atom stereocenters. The lowest BCUT2D eigenvalue weighted by molar-refractivity contribution is -0.0190. The van der Waals surface area contributed by atoms with Crippen molar-refractivity contribution in [1.29, 1.82) is 0 Å². The van der Waals surface area contributed by atoms with Crippen molar-refractivity contribution in [3.8, 4) is 190 Å². The number of carbonyl (C=O) groups is 2. The molecule has 6 heterocycles. The minimum Gasteiger partial charge on any atom is -0.508 e. The van der Waals surface area contributed by atoms with Gasteiger partial charge in [-0.15, -0.1) is 0 Å². The highest BCUT2D eigenvalue weighted by Crippen LogP contribution is 2.56. The van der Waals surface area contributed by atoms with Crippen LogP contribution in [0.3, 0.4) is 0 Å². The SMILES string of the molecule is C.O=C(OC1Cc2c(O)cc(O)cc2OC1c1cc(=O)c(O)c2c(O)c(O)cc([C@H]3Oc4cc(O)cc(O)c4C[C@H]3O)c2c1)c1cc(O)c(O)c(O)c1.O=C(O[C@@H]1Cc2c(O)cc(O)cc2O[C@@H]1c1cc(O)c(O)c2c(O)c(=O)cc(C3Oc4cc(O)cc(O)c4CC3O)cc12)c1cc(O)c(O)c(O)c1.O=c1cc(C2Oc3cc(O)cc(O)c3CC2O)cc2c([C@H]3Oc4cc(O)cc(O)c4C[C@H]3O)cc(O)c(O)c2c1O. The van der Waals surface area contributed by atoms with Gasteiger partial charge in [0.05, 0.1) is 51.7 Å². The van der Waals surface area contributed by atoms with Crippen molar-refractivity contribution in [2.45, 2.75) is 119 Å². The molecule has 0 fully saturated rings. The second kappa shape index (κ2) is 37.2. The highest BCUT2D eigenvalue weighted by molar-refractivity contribution is 6.01. The number of aliphatic hydroxyl groups is 4. The van der Waals surface area contributed by atoms with Crippen LogP contribution in [0.15, 0.2) is 166 Å². The summed E-state index contributed by atoms with van der Waals surface area (Å²) in [5, 5.41) is 322. The zero-order valence-corrected chi connectivity index (χ0v) is 73.8. The number of benzene rings is 11. The van der Waals surface area contributed by atoms with Crippen LogP contribution in [0.4, 0.5) is 0 Å². The molecular weight excluding hydrogens is 1930 g/mol. The summed E-state index contributed by atoms with van der Waals surface area (Å²) in [6.07, 6.45) is -18.0. The number of aromatic hydroxyl groups is 27. The average molecular weight is 2010 g/mol. The molecule has 31 N–H and O–H groups in total. The Balaban J connectivity index is 0.000000150. The molecule has 756 valence electrons. The molecule has 12 atom stereocenters. The van der Waals surface area contributed by atoms with Crippen LogP contribution in [0.2, 0.25) is 0 Å². The lowest BCUT2D eigenvalue weighted by Crippen LogP contribution is -2.35. The molecule has 44 nitrogen and oxygen atoms in total. The first-order valence-electron chi connectivity index (χ1n) is 43.3. The number of esters is 2. The van der Waals surface area contributed by atoms with Gasteiger partial charge in [-0.05, 0) is 106 Å². The third kappa shape index (κ3) is 17.8. The summed E-state index contributed by atoms with van der Waals surface area (Å²) in [6.45, 7) is 0. The molecule has 6 aliphatic heterocycles. The number of phenols is 24. The molecule has 0 saturated heterocycles. The molecule has 0 amide bonds. The molecule has 0 aromatic heterocycles. The Morgan fingerprint density at radius 3 is 0.712 bits per heavy atom. The van der Waals surface area contributed by atoms with Crippen molar-refractivity contribution in [3.05, 3.63) is 260 Å². The number of fused-ring (bicyclic) bond motifs is 9. The van der Waals surface area contributed by atoms with E-state index in [0.717, 1.165) is 109 Å². The Morgan fingerprint density at radius 1 is 0.226 bits per heavy atom. The van der Waals surface area contributed by atoms with Gasteiger partial charge in [0, 0.05) is 167 Å². The number of ether oxygens (including phenoxy) is 8. The van der Waals surface area contributed by atoms with Gasteiger partial charge in [-0.3, -0.25) is 14.4 Å². The van der Waals surface area contributed by atoms with Gasteiger partial charge in [0.25, 0.3) is 0 Å². The van der Waals surface area contributed by atoms with Crippen LogP contribution >= 0.6 is 0 Å². The molecule has 44 heteroatoms. The molecule has 0 aliphatic carbocycles. The smallest absolute Gasteiger partial charge is 0.338 e. The molecule has 146 heavy (non-hydrogen) atoms. The Kier molecular flexibility index (Phi) is 25.2. The first-order valence-corrected chi connectivity index (χ1v) is 43.3. The third-order valence-corrected chi connectivity index (χ3v) is 25.4. The van der Waals surface area contributed by atoms with Gasteiger partial charge < -0.3 is 196 Å². The van der Waals surface area contributed by atoms with Gasteiger partial charge in [-0.25, -0.2) is 9.59 Å². The summed E-state index contributed by atoms with van der Waals surface area (Å²) >= 11 is 0. The zero-order chi connectivity index (χ0) is 104. The predicted molar refractivity (Wildman–Crippen MR) is 499 cm³/mol. The van der Waals surface area contributed by atoms with Gasteiger partial charge in [-0.2, -0.15) is 0 Å². The second-order valence-electron chi connectivity index (χ2n) is 34.9. The lowest BCUT2D eigenvalue weighted by Gasteiger charge is -2.34. The monoisotopic (exact) mass is 2010 g/mol. The molecule has 0 spiro atoms. The summed E-state index contributed by atoms with van der Waals surface area (Å²) in [6, 6.07) is 26.3. The lowest BCUT2D eigenvalue weighted by atomic mass is 9.89. The minimum absolute atomic E-state index is 0. The Morgan fingerprint density at radius 2 is 0.438 bits per heavy atom. The van der Waals surface area contributed by atoms with E-state index in [1.54, 1.807) is 0 Å². The normalized spacial score (nSPS) is 19.7. The first-order chi connectivity index (χ1) is 68.6. The maximum absolute atomic E-state index is 13.5. The van der Waals surface area contributed by atoms with E-state index in [9.17, 15) is 182 Å². The maximum atomic E-state index is 13.5. The van der Waals surface area contributed by atoms with E-state index in [2.05, 4.69) is 0 Å². The number of aliphatic hydroxyl groups excluding tert-OH is 4. The average Bonchev–Trinajstić information content (AvgIpc) is 1.42. The minimum atomic E-state index is -1.53. The fourth-order valence-electron chi connectivity index (χ4n) is 18.6. The van der Waals surface area contributed by atoms with Gasteiger partial charge >= 0.3 is 11.9 Å². The summed E-state index contributed by atoms with van der Waals surface area (Å²) in [4.78, 5) is 66.5. The molecular formula is C102H84O44. The van der Waals surface area contributed by atoms with Gasteiger partial charge in [-0.1, -0.05) is 7.43 Å². The van der Waals surface area contributed by atoms with E-state index in [0.29, 0.717) is 0 Å². The van der Waals surface area contributed by atoms with Crippen LogP contribution in [0.25, 0.3) is 32.3 Å². The van der Waals surface area contributed by atoms with Crippen molar-refractivity contribution < 1.29 is 206 Å². The fourth-order valence-corrected chi connectivity index (χ4v) is 18.6. The standard InChI is InChI=1S/2C36H28O16.C29H24O12.CH4/c37-14-5-20(39)18-10-26(45)35(51-27(18)7-14)17-9-25(44)33(48)30-16(17)1-12(2-24(43)32(30)47)34-29(11-19-21(40)6-15(38)8-28(19)50-34)52-36(49)13-3-22(41)31(46)23(42)4-13;37-14-5-20(39)18-10-26(45)34(50-27(18)7-14)12-1-16-17(9-25(44)33(48)30(16)32(47)24(43)2-12)35-29(11-19-21(40)6-15(38)8-28(19)51-35)52-36(49)13-3-22(41)31(46)23(42)4-13;30-11-3-17(32)15-8-21(36)28(40-23(15)5-11)10-1-13-14(7-20(35)27(39)25(13)26(38)19(34)2-10)29-22(37)9-16-18(33)4-12(31)6-24(16)41-29;/h2*1-9,26,29,34-35,37-42,44-46,48H,10-11H2,(H,43,47);1-7,21-22,28-33,35-37,39H,8-9H2,(H,34,38);1H4/t26-,29?,34?,35-;26?,29-,34?,35-;21?,22-,28?,29-;/m111./s1. The number of hydrogen-bond donors (Lipinski definition) is 31. The van der Waals surface area contributed by atoms with Crippen molar-refractivity contribution in [2.75, 3.05) is 0 Å². The van der Waals surface area contributed by atoms with Crippen LogP contribution in [0.5, 0.6) is 190 Å². The van der Waals surface area contributed by atoms with E-state index in [1.165, 1.54) is 42.5 Å². The van der Waals surface area contributed by atoms with Crippen molar-refractivity contribution in [3.63, 3.8) is 0 Å². The Bertz CT molecular complexity index is 8000. The van der Waals surface area contributed by atoms with Crippen molar-refractivity contribution >= 4 is 44.3 Å². The van der Waals surface area contributed by atoms with Crippen molar-refractivity contribution in [1.82, 2.24) is 0 Å². The van der Waals surface area contributed by atoms with E-state index >= 15 is 0 Å². The van der Waals surface area contributed by atoms with Crippen LogP contribution in [0.1, 0.15) is 132 Å². The third-order valence-electron chi connectivity index (χ3n) is 25.4. The quantitative estimate of drug-likeness (QED) is 0.0448. The largest absolute Gasteiger partial charge is 0.508 e. The summed E-state index contributed by atoms with van der Waals surface area (Å²) in [5.74, 6) is -20.1. The first kappa shape index (κ1) is 98.6. The van der Waals surface area contributed by atoms with Gasteiger partial charge in [0.1, 0.15) is 128 Å². The summed E-state index contributed by atoms with van der Waals surface area (Å²) in [5.41, 5.74) is -3.52. The number of phenolic OH excluding ortho intramolecular Hbond substituents is 24. The van der Waals surface area contributed by atoms with Crippen molar-refractivity contribution in [2.24, 2.45) is 0 Å². The fraction of sp³-hybridized carbons (Fsp3) is 0.186. The molecule has 20 rings (SSSR count). The number of hydrogen-bond acceptors (Lipinski definition) is 44. The van der Waals surface area contributed by atoms with Gasteiger partial charge in [0.2, 0.25) is 16.3 Å². The molecule has 6 aliphatic rings. The van der Waals surface area contributed by atoms with E-state index in [1.807, 2.05) is 0 Å². The Labute approximate surface area is 815 Å². The van der Waals surface area contributed by atoms with Gasteiger partial charge in [0.15, 0.2) is 111 Å². The van der Waals surface area contributed by atoms with Crippen LogP contribution < -0.4 is 44.7 Å². The topological polar surface area (TPSA) is 786 Å². The van der Waals surface area contributed by atoms with E-state index < -0.39 is 238 Å². The molecule has 14 aromatic carbocycles. The zero-order valence-electron chi connectivity index (χ0n) is 73.8. The number of carbonyl (C=O) groups excluding carboxylic acids is 2. The van der Waals surface area contributed by atoms with E-state index in [-0.39, 0.29) is 209 Å². The highest BCUT2D eigenvalue weighted by atomic mass is 16.6. The van der Waals surface area contributed by atoms with Crippen LogP contribution in [0, 0.1) is 0 Å². The summed E-state index contributed by atoms with van der Waals surface area (Å²) < 4.78 is 47.4. The molecule has 0 radical (unpaired) electrons. The Hall–Kier alpha value is -18.9. The maximum Gasteiger partial charge on any atom is 0.338 e.